The van der Waals surface area contributed by atoms with E-state index in [2.05, 4.69) is 30.1 Å². The number of fused-ring (bicyclic) bond motifs is 1. The summed E-state index contributed by atoms with van der Waals surface area (Å²) in [6.45, 7) is 5.88. The van der Waals surface area contributed by atoms with Gasteiger partial charge < -0.3 is 20.7 Å². The maximum Gasteiger partial charge on any atom is 0.245 e. The lowest BCUT2D eigenvalue weighted by Crippen LogP contribution is -2.48. The molecule has 1 aromatic rings. The number of carbonyl (C=O) groups excluding carboxylic acids is 1. The summed E-state index contributed by atoms with van der Waals surface area (Å²) in [5.41, 5.74) is 8.70. The van der Waals surface area contributed by atoms with Gasteiger partial charge in [-0.25, -0.2) is 0 Å². The molecular weight excluding hydrogens is 254 g/mol. The zero-order valence-corrected chi connectivity index (χ0v) is 11.9. The Kier molecular flexibility index (Phi) is 3.40. The van der Waals surface area contributed by atoms with E-state index in [0.29, 0.717) is 6.04 Å². The van der Waals surface area contributed by atoms with Crippen molar-refractivity contribution < 1.29 is 9.53 Å². The third kappa shape index (κ3) is 2.17. The molecule has 2 heterocycles. The fourth-order valence-electron chi connectivity index (χ4n) is 2.95. The number of anilines is 2. The monoisotopic (exact) mass is 275 g/mol. The first kappa shape index (κ1) is 13.4. The van der Waals surface area contributed by atoms with Crippen molar-refractivity contribution in [3.63, 3.8) is 0 Å². The van der Waals surface area contributed by atoms with Crippen molar-refractivity contribution in [1.82, 2.24) is 0 Å². The highest BCUT2D eigenvalue weighted by atomic mass is 16.5. The molecule has 3 unspecified atom stereocenters. The van der Waals surface area contributed by atoms with E-state index in [9.17, 15) is 4.79 Å². The molecule has 0 aromatic heterocycles. The number of nitrogens with zero attached hydrogens (tertiary/aromatic N) is 1. The molecule has 0 bridgehead atoms. The first-order chi connectivity index (χ1) is 9.60. The Labute approximate surface area is 119 Å². The van der Waals surface area contributed by atoms with Crippen molar-refractivity contribution in [2.75, 3.05) is 23.4 Å². The van der Waals surface area contributed by atoms with E-state index in [1.807, 2.05) is 12.1 Å². The van der Waals surface area contributed by atoms with E-state index in [1.165, 1.54) is 0 Å². The molecule has 2 aliphatic heterocycles. The molecule has 108 valence electrons. The van der Waals surface area contributed by atoms with Gasteiger partial charge >= 0.3 is 0 Å². The topological polar surface area (TPSA) is 67.6 Å². The molecule has 0 saturated carbocycles. The van der Waals surface area contributed by atoms with Crippen molar-refractivity contribution in [1.29, 1.82) is 0 Å². The molecule has 0 spiro atoms. The highest BCUT2D eigenvalue weighted by Gasteiger charge is 2.30. The van der Waals surface area contributed by atoms with E-state index >= 15 is 0 Å². The van der Waals surface area contributed by atoms with Crippen LogP contribution < -0.4 is 16.0 Å². The van der Waals surface area contributed by atoms with Crippen LogP contribution in [0, 0.1) is 0 Å². The summed E-state index contributed by atoms with van der Waals surface area (Å²) in [6, 6.07) is 5.89. The van der Waals surface area contributed by atoms with E-state index < -0.39 is 6.04 Å². The van der Waals surface area contributed by atoms with Crippen LogP contribution in [-0.2, 0) is 9.53 Å². The highest BCUT2D eigenvalue weighted by Crippen LogP contribution is 2.34. The normalized spacial score (nSPS) is 29.2. The first-order valence-electron chi connectivity index (χ1n) is 7.18. The number of nitrogens with two attached hydrogens (primary N) is 1. The predicted molar refractivity (Wildman–Crippen MR) is 78.8 cm³/mol. The van der Waals surface area contributed by atoms with Crippen molar-refractivity contribution in [3.05, 3.63) is 23.8 Å². The lowest BCUT2D eigenvalue weighted by atomic mass is 10.1. The van der Waals surface area contributed by atoms with E-state index in [0.717, 1.165) is 36.5 Å². The third-order valence-electron chi connectivity index (χ3n) is 4.18. The van der Waals surface area contributed by atoms with Crippen molar-refractivity contribution in [2.45, 2.75) is 38.5 Å². The van der Waals surface area contributed by atoms with Crippen molar-refractivity contribution >= 4 is 17.3 Å². The Hall–Kier alpha value is -1.59. The summed E-state index contributed by atoms with van der Waals surface area (Å²) in [5.74, 6) is -0.125. The van der Waals surface area contributed by atoms with Gasteiger partial charge in [-0.1, -0.05) is 13.0 Å². The van der Waals surface area contributed by atoms with Crippen LogP contribution >= 0.6 is 0 Å². The molecule has 0 radical (unpaired) electrons. The Bertz CT molecular complexity index is 532. The number of morpholine rings is 1. The lowest BCUT2D eigenvalue weighted by Gasteiger charge is -2.40. The number of rotatable bonds is 2. The summed E-state index contributed by atoms with van der Waals surface area (Å²) >= 11 is 0. The molecule has 3 rings (SSSR count). The molecule has 5 heteroatoms. The van der Waals surface area contributed by atoms with Gasteiger partial charge in [-0.15, -0.1) is 0 Å². The average Bonchev–Trinajstić information content (AvgIpc) is 2.73. The number of amides is 1. The lowest BCUT2D eigenvalue weighted by molar-refractivity contribution is -0.116. The van der Waals surface area contributed by atoms with Crippen LogP contribution in [0.3, 0.4) is 0 Å². The minimum absolute atomic E-state index is 0.125. The van der Waals surface area contributed by atoms with E-state index in [1.54, 1.807) is 0 Å². The van der Waals surface area contributed by atoms with Gasteiger partial charge in [-0.3, -0.25) is 4.79 Å². The summed E-state index contributed by atoms with van der Waals surface area (Å²) < 4.78 is 5.73. The SMILES string of the molecule is CCC1COC(C)CN1c1ccc2c(c1)NC(=O)C2N. The standard InChI is InChI=1S/C15H21N3O2/c1-3-10-8-20-9(2)7-18(10)11-4-5-12-13(6-11)17-15(19)14(12)16/h4-6,9-10,14H,3,7-8,16H2,1-2H3,(H,17,19). The predicted octanol–water partition coefficient (Wildman–Crippen LogP) is 1.64. The Morgan fingerprint density at radius 3 is 3.05 bits per heavy atom. The van der Waals surface area contributed by atoms with Gasteiger partial charge in [0, 0.05) is 23.5 Å². The fraction of sp³-hybridized carbons (Fsp3) is 0.533. The number of ether oxygens (including phenoxy) is 1. The van der Waals surface area contributed by atoms with Crippen LogP contribution in [-0.4, -0.2) is 31.2 Å². The van der Waals surface area contributed by atoms with Crippen LogP contribution in [0.1, 0.15) is 31.9 Å². The van der Waals surface area contributed by atoms with E-state index in [-0.39, 0.29) is 12.0 Å². The molecule has 2 aliphatic rings. The van der Waals surface area contributed by atoms with Crippen LogP contribution in [0.25, 0.3) is 0 Å². The molecule has 3 atom stereocenters. The minimum Gasteiger partial charge on any atom is -0.375 e. The summed E-state index contributed by atoms with van der Waals surface area (Å²) in [6.07, 6.45) is 1.26. The maximum atomic E-state index is 11.6. The molecule has 0 aliphatic carbocycles. The van der Waals surface area contributed by atoms with Gasteiger partial charge in [0.05, 0.1) is 18.8 Å². The summed E-state index contributed by atoms with van der Waals surface area (Å²) in [4.78, 5) is 14.0. The largest absolute Gasteiger partial charge is 0.375 e. The van der Waals surface area contributed by atoms with Gasteiger partial charge in [0.25, 0.3) is 0 Å². The van der Waals surface area contributed by atoms with Gasteiger partial charge in [0.1, 0.15) is 6.04 Å². The molecule has 1 fully saturated rings. The van der Waals surface area contributed by atoms with Gasteiger partial charge in [0.15, 0.2) is 0 Å². The minimum atomic E-state index is -0.537. The number of hydrogen-bond donors (Lipinski definition) is 2. The first-order valence-corrected chi connectivity index (χ1v) is 7.18. The molecule has 1 aromatic carbocycles. The smallest absolute Gasteiger partial charge is 0.245 e. The molecule has 3 N–H and O–H groups in total. The number of hydrogen-bond acceptors (Lipinski definition) is 4. The quantitative estimate of drug-likeness (QED) is 0.861. The van der Waals surface area contributed by atoms with Crippen LogP contribution in [0.15, 0.2) is 18.2 Å². The van der Waals surface area contributed by atoms with Gasteiger partial charge in [-0.2, -0.15) is 0 Å². The Morgan fingerprint density at radius 1 is 1.50 bits per heavy atom. The zero-order chi connectivity index (χ0) is 14.3. The molecular formula is C15H21N3O2. The second-order valence-electron chi connectivity index (χ2n) is 5.60. The fourth-order valence-corrected chi connectivity index (χ4v) is 2.95. The van der Waals surface area contributed by atoms with Crippen molar-refractivity contribution in [2.24, 2.45) is 5.73 Å². The highest BCUT2D eigenvalue weighted by molar-refractivity contribution is 6.02. The van der Waals surface area contributed by atoms with Gasteiger partial charge in [0.2, 0.25) is 5.91 Å². The second kappa shape index (κ2) is 5.07. The average molecular weight is 275 g/mol. The molecule has 1 amide bonds. The molecule has 20 heavy (non-hydrogen) atoms. The van der Waals surface area contributed by atoms with Crippen molar-refractivity contribution in [3.8, 4) is 0 Å². The number of nitrogens with one attached hydrogen (secondary N) is 1. The zero-order valence-electron chi connectivity index (χ0n) is 11.9. The molecule has 1 saturated heterocycles. The van der Waals surface area contributed by atoms with E-state index in [4.69, 9.17) is 10.5 Å². The van der Waals surface area contributed by atoms with Crippen LogP contribution in [0.2, 0.25) is 0 Å². The second-order valence-corrected chi connectivity index (χ2v) is 5.60. The Morgan fingerprint density at radius 2 is 2.30 bits per heavy atom. The van der Waals surface area contributed by atoms with Crippen LogP contribution in [0.5, 0.6) is 0 Å². The maximum absolute atomic E-state index is 11.6. The number of benzene rings is 1. The van der Waals surface area contributed by atoms with Crippen LogP contribution in [0.4, 0.5) is 11.4 Å². The van der Waals surface area contributed by atoms with Gasteiger partial charge in [-0.05, 0) is 25.5 Å². The summed E-state index contributed by atoms with van der Waals surface area (Å²) in [7, 11) is 0. The molecule has 5 nitrogen and oxygen atoms in total. The third-order valence-corrected chi connectivity index (χ3v) is 4.18. The Balaban J connectivity index is 1.91. The number of carbonyl (C=O) groups is 1. The summed E-state index contributed by atoms with van der Waals surface area (Å²) in [5, 5.41) is 2.85.